The number of allylic oxidation sites excluding steroid dienone is 1. The van der Waals surface area contributed by atoms with Gasteiger partial charge in [0.2, 0.25) is 5.88 Å². The molecule has 0 saturated carbocycles. The summed E-state index contributed by atoms with van der Waals surface area (Å²) < 4.78 is 53.8. The van der Waals surface area contributed by atoms with E-state index in [1.165, 1.54) is 7.11 Å². The smallest absolute Gasteiger partial charge is 0.417 e. The third-order valence-corrected chi connectivity index (χ3v) is 3.36. The fourth-order valence-electron chi connectivity index (χ4n) is 1.93. The molecule has 0 aliphatic heterocycles. The van der Waals surface area contributed by atoms with E-state index in [9.17, 15) is 13.2 Å². The Balaban J connectivity index is 2.32. The maximum absolute atomic E-state index is 12.7. The lowest BCUT2D eigenvalue weighted by molar-refractivity contribution is -0.137. The molecule has 134 valence electrons. The van der Waals surface area contributed by atoms with E-state index in [1.807, 2.05) is 0 Å². The first kappa shape index (κ1) is 19.1. The number of aromatic nitrogens is 1. The number of alkyl halides is 3. The summed E-state index contributed by atoms with van der Waals surface area (Å²) in [5, 5.41) is -0.248. The van der Waals surface area contributed by atoms with Crippen LogP contribution in [0.15, 0.2) is 43.1 Å². The van der Waals surface area contributed by atoms with Crippen molar-refractivity contribution in [3.63, 3.8) is 0 Å². The Morgan fingerprint density at radius 2 is 2.04 bits per heavy atom. The van der Waals surface area contributed by atoms with Crippen LogP contribution in [-0.4, -0.2) is 18.9 Å². The lowest BCUT2D eigenvalue weighted by Gasteiger charge is -2.14. The fraction of sp³-hybridized carbons (Fsp3) is 0.235. The number of methoxy groups -OCH3 is 1. The SMILES string of the molecule is C=CCc1ccc(OCOC)cc1Oc1ncc(C(F)(F)F)cc1Cl. The van der Waals surface area contributed by atoms with Crippen LogP contribution in [0.25, 0.3) is 0 Å². The third-order valence-electron chi connectivity index (χ3n) is 3.09. The van der Waals surface area contributed by atoms with Crippen LogP contribution < -0.4 is 9.47 Å². The van der Waals surface area contributed by atoms with Crippen molar-refractivity contribution in [1.82, 2.24) is 4.98 Å². The summed E-state index contributed by atoms with van der Waals surface area (Å²) in [6, 6.07) is 5.81. The Hall–Kier alpha value is -2.25. The number of nitrogens with zero attached hydrogens (tertiary/aromatic N) is 1. The molecule has 0 aliphatic carbocycles. The third kappa shape index (κ3) is 5.11. The molecule has 1 aromatic heterocycles. The van der Waals surface area contributed by atoms with Gasteiger partial charge >= 0.3 is 6.18 Å². The van der Waals surface area contributed by atoms with Crippen LogP contribution in [0, 0.1) is 0 Å². The van der Waals surface area contributed by atoms with Gasteiger partial charge in [-0.05, 0) is 24.1 Å². The Morgan fingerprint density at radius 3 is 2.64 bits per heavy atom. The first-order valence-electron chi connectivity index (χ1n) is 7.11. The fourth-order valence-corrected chi connectivity index (χ4v) is 2.14. The summed E-state index contributed by atoms with van der Waals surface area (Å²) in [6.45, 7) is 3.70. The molecule has 0 unspecified atom stereocenters. The number of hydrogen-bond donors (Lipinski definition) is 0. The predicted molar refractivity (Wildman–Crippen MR) is 87.2 cm³/mol. The second-order valence-electron chi connectivity index (χ2n) is 4.92. The largest absolute Gasteiger partial charge is 0.467 e. The van der Waals surface area contributed by atoms with Gasteiger partial charge < -0.3 is 14.2 Å². The summed E-state index contributed by atoms with van der Waals surface area (Å²) in [4.78, 5) is 3.67. The van der Waals surface area contributed by atoms with Gasteiger partial charge in [0, 0.05) is 19.4 Å². The monoisotopic (exact) mass is 373 g/mol. The van der Waals surface area contributed by atoms with Crippen LogP contribution in [-0.2, 0) is 17.3 Å². The number of ether oxygens (including phenoxy) is 3. The summed E-state index contributed by atoms with van der Waals surface area (Å²) in [5.41, 5.74) is -0.203. The molecule has 8 heteroatoms. The maximum Gasteiger partial charge on any atom is 0.417 e. The maximum atomic E-state index is 12.7. The van der Waals surface area contributed by atoms with Gasteiger partial charge in [0.15, 0.2) is 6.79 Å². The number of hydrogen-bond acceptors (Lipinski definition) is 4. The van der Waals surface area contributed by atoms with Crippen molar-refractivity contribution in [1.29, 1.82) is 0 Å². The first-order chi connectivity index (χ1) is 11.8. The normalized spacial score (nSPS) is 11.2. The number of benzene rings is 1. The van der Waals surface area contributed by atoms with Crippen molar-refractivity contribution >= 4 is 11.6 Å². The molecule has 0 fully saturated rings. The molecule has 2 rings (SSSR count). The van der Waals surface area contributed by atoms with Gasteiger partial charge in [-0.25, -0.2) is 4.98 Å². The minimum absolute atomic E-state index is 0.0412. The van der Waals surface area contributed by atoms with E-state index < -0.39 is 11.7 Å². The molecule has 0 atom stereocenters. The molecule has 0 spiro atoms. The Bertz CT molecular complexity index is 750. The molecule has 0 saturated heterocycles. The van der Waals surface area contributed by atoms with Gasteiger partial charge in [0.05, 0.1) is 5.56 Å². The van der Waals surface area contributed by atoms with Gasteiger partial charge in [-0.15, -0.1) is 6.58 Å². The van der Waals surface area contributed by atoms with E-state index in [-0.39, 0.29) is 17.7 Å². The van der Waals surface area contributed by atoms with Crippen molar-refractivity contribution in [2.45, 2.75) is 12.6 Å². The summed E-state index contributed by atoms with van der Waals surface area (Å²) in [7, 11) is 1.48. The number of rotatable bonds is 7. The van der Waals surface area contributed by atoms with E-state index in [2.05, 4.69) is 11.6 Å². The van der Waals surface area contributed by atoms with E-state index >= 15 is 0 Å². The van der Waals surface area contributed by atoms with Gasteiger partial charge in [-0.3, -0.25) is 0 Å². The topological polar surface area (TPSA) is 40.6 Å². The van der Waals surface area contributed by atoms with Crippen LogP contribution in [0.5, 0.6) is 17.4 Å². The highest BCUT2D eigenvalue weighted by atomic mass is 35.5. The van der Waals surface area contributed by atoms with E-state index in [4.69, 9.17) is 25.8 Å². The van der Waals surface area contributed by atoms with Crippen molar-refractivity contribution in [3.05, 3.63) is 59.3 Å². The van der Waals surface area contributed by atoms with Crippen LogP contribution in [0.4, 0.5) is 13.2 Å². The van der Waals surface area contributed by atoms with Gasteiger partial charge in [-0.1, -0.05) is 23.7 Å². The van der Waals surface area contributed by atoms with Gasteiger partial charge in [0.25, 0.3) is 0 Å². The molecule has 4 nitrogen and oxygen atoms in total. The van der Waals surface area contributed by atoms with E-state index in [0.717, 1.165) is 11.6 Å². The van der Waals surface area contributed by atoms with Crippen molar-refractivity contribution in [3.8, 4) is 17.4 Å². The molecule has 1 aromatic carbocycles. The lowest BCUT2D eigenvalue weighted by Crippen LogP contribution is -2.06. The highest BCUT2D eigenvalue weighted by molar-refractivity contribution is 6.31. The average Bonchev–Trinajstić information content (AvgIpc) is 2.56. The second kappa shape index (κ2) is 8.22. The standard InChI is InChI=1S/C17H15ClF3NO3/c1-3-4-11-5-6-13(24-10-23-2)8-15(11)25-16-14(18)7-12(9-22-16)17(19,20)21/h3,5-9H,1,4,10H2,2H3. The van der Waals surface area contributed by atoms with Gasteiger partial charge in [0.1, 0.15) is 16.5 Å². The Kier molecular flexibility index (Phi) is 6.27. The average molecular weight is 374 g/mol. The quantitative estimate of drug-likeness (QED) is 0.490. The van der Waals surface area contributed by atoms with Crippen LogP contribution in [0.3, 0.4) is 0 Å². The zero-order valence-electron chi connectivity index (χ0n) is 13.3. The van der Waals surface area contributed by atoms with Crippen LogP contribution in [0.1, 0.15) is 11.1 Å². The highest BCUT2D eigenvalue weighted by Gasteiger charge is 2.31. The molecule has 0 bridgehead atoms. The molecule has 1 heterocycles. The van der Waals surface area contributed by atoms with Crippen LogP contribution >= 0.6 is 11.6 Å². The zero-order chi connectivity index (χ0) is 18.4. The highest BCUT2D eigenvalue weighted by Crippen LogP contribution is 2.36. The summed E-state index contributed by atoms with van der Waals surface area (Å²) in [6.07, 6.45) is -1.71. The summed E-state index contributed by atoms with van der Waals surface area (Å²) >= 11 is 5.88. The molecule has 0 aliphatic rings. The van der Waals surface area contributed by atoms with E-state index in [1.54, 1.807) is 24.3 Å². The molecule has 0 amide bonds. The van der Waals surface area contributed by atoms with Crippen LogP contribution in [0.2, 0.25) is 5.02 Å². The Labute approximate surface area is 147 Å². The minimum Gasteiger partial charge on any atom is -0.467 e. The molecule has 2 aromatic rings. The van der Waals surface area contributed by atoms with Crippen molar-refractivity contribution < 1.29 is 27.4 Å². The number of pyridine rings is 1. The number of halogens is 4. The van der Waals surface area contributed by atoms with Crippen molar-refractivity contribution in [2.75, 3.05) is 13.9 Å². The second-order valence-corrected chi connectivity index (χ2v) is 5.33. The predicted octanol–water partition coefficient (Wildman–Crippen LogP) is 5.26. The molecule has 0 N–H and O–H groups in total. The Morgan fingerprint density at radius 1 is 1.28 bits per heavy atom. The van der Waals surface area contributed by atoms with Gasteiger partial charge in [-0.2, -0.15) is 13.2 Å². The molecule has 0 radical (unpaired) electrons. The lowest BCUT2D eigenvalue weighted by atomic mass is 10.1. The minimum atomic E-state index is -4.53. The summed E-state index contributed by atoms with van der Waals surface area (Å²) in [5.74, 6) is 0.680. The van der Waals surface area contributed by atoms with E-state index in [0.29, 0.717) is 24.1 Å². The molecule has 25 heavy (non-hydrogen) atoms. The molecular weight excluding hydrogens is 359 g/mol. The first-order valence-corrected chi connectivity index (χ1v) is 7.49. The zero-order valence-corrected chi connectivity index (χ0v) is 14.0. The van der Waals surface area contributed by atoms with Crippen molar-refractivity contribution in [2.24, 2.45) is 0 Å². The molecular formula is C17H15ClF3NO3.